The van der Waals surface area contributed by atoms with E-state index in [0.717, 1.165) is 11.3 Å². The van der Waals surface area contributed by atoms with Gasteiger partial charge in [-0.2, -0.15) is 0 Å². The molecule has 0 nitrogen and oxygen atoms in total. The van der Waals surface area contributed by atoms with Gasteiger partial charge in [-0.1, -0.05) is 53.0 Å². The summed E-state index contributed by atoms with van der Waals surface area (Å²) in [5, 5.41) is 0.499. The van der Waals surface area contributed by atoms with E-state index in [1.54, 1.807) is 0 Å². The van der Waals surface area contributed by atoms with Gasteiger partial charge in [-0.05, 0) is 30.6 Å². The molecule has 14 heavy (non-hydrogen) atoms. The lowest BCUT2D eigenvalue weighted by atomic mass is 10.0. The van der Waals surface area contributed by atoms with Crippen LogP contribution in [0, 0.1) is 0 Å². The second-order valence-electron chi connectivity index (χ2n) is 5.03. The molecular formula is C13H21P. The molecule has 2 rings (SSSR count). The average molecular weight is 208 g/mol. The largest absolute Gasteiger partial charge is 0.0905 e. The summed E-state index contributed by atoms with van der Waals surface area (Å²) < 4.78 is 0. The molecule has 2 aliphatic rings. The summed E-state index contributed by atoms with van der Waals surface area (Å²) in [4.78, 5) is 0. The second kappa shape index (κ2) is 3.81. The van der Waals surface area contributed by atoms with Crippen molar-refractivity contribution < 1.29 is 0 Å². The van der Waals surface area contributed by atoms with Gasteiger partial charge < -0.3 is 0 Å². The SMILES string of the molecule is CC1CCC(C)P1C1(C)C=CC=CC1. The molecule has 0 bridgehead atoms. The molecule has 0 N–H and O–H groups in total. The first-order chi connectivity index (χ1) is 6.63. The van der Waals surface area contributed by atoms with E-state index in [1.807, 2.05) is 0 Å². The van der Waals surface area contributed by atoms with Crippen molar-refractivity contribution in [2.24, 2.45) is 0 Å². The summed E-state index contributed by atoms with van der Waals surface area (Å²) in [6.45, 7) is 7.40. The zero-order chi connectivity index (χ0) is 10.2. The smallest absolute Gasteiger partial charge is 0.00978 e. The third-order valence-corrected chi connectivity index (χ3v) is 7.70. The normalized spacial score (nSPS) is 47.2. The maximum Gasteiger partial charge on any atom is 0.00978 e. The molecule has 0 amide bonds. The maximum absolute atomic E-state index is 2.47. The van der Waals surface area contributed by atoms with Crippen LogP contribution in [-0.4, -0.2) is 16.5 Å². The highest BCUT2D eigenvalue weighted by Gasteiger charge is 2.41. The molecule has 78 valence electrons. The summed E-state index contributed by atoms with van der Waals surface area (Å²) in [7, 11) is 0.194. The van der Waals surface area contributed by atoms with Crippen LogP contribution in [-0.2, 0) is 0 Å². The van der Waals surface area contributed by atoms with Gasteiger partial charge in [0.15, 0.2) is 0 Å². The molecule has 0 aromatic carbocycles. The number of hydrogen-bond acceptors (Lipinski definition) is 0. The van der Waals surface area contributed by atoms with E-state index < -0.39 is 0 Å². The van der Waals surface area contributed by atoms with Gasteiger partial charge in [-0.15, -0.1) is 0 Å². The molecule has 0 aromatic heterocycles. The molecule has 0 radical (unpaired) electrons. The first-order valence-corrected chi connectivity index (χ1v) is 7.24. The molecule has 1 heteroatoms. The van der Waals surface area contributed by atoms with Gasteiger partial charge >= 0.3 is 0 Å². The van der Waals surface area contributed by atoms with Gasteiger partial charge in [0.25, 0.3) is 0 Å². The minimum Gasteiger partial charge on any atom is -0.0905 e. The molecule has 3 atom stereocenters. The Labute approximate surface area is 89.2 Å². The van der Waals surface area contributed by atoms with Crippen molar-refractivity contribution in [3.8, 4) is 0 Å². The van der Waals surface area contributed by atoms with E-state index in [4.69, 9.17) is 0 Å². The predicted molar refractivity (Wildman–Crippen MR) is 66.4 cm³/mol. The second-order valence-corrected chi connectivity index (χ2v) is 8.63. The highest BCUT2D eigenvalue weighted by Crippen LogP contribution is 2.65. The van der Waals surface area contributed by atoms with Crippen LogP contribution in [0.1, 0.15) is 40.0 Å². The van der Waals surface area contributed by atoms with Crippen molar-refractivity contribution >= 4 is 7.92 Å². The molecule has 1 heterocycles. The van der Waals surface area contributed by atoms with E-state index in [9.17, 15) is 0 Å². The van der Waals surface area contributed by atoms with Crippen LogP contribution in [0.2, 0.25) is 0 Å². The van der Waals surface area contributed by atoms with Gasteiger partial charge in [0, 0.05) is 5.16 Å². The van der Waals surface area contributed by atoms with Gasteiger partial charge in [-0.3, -0.25) is 0 Å². The molecule has 1 saturated heterocycles. The van der Waals surface area contributed by atoms with Crippen LogP contribution in [0.3, 0.4) is 0 Å². The van der Waals surface area contributed by atoms with Gasteiger partial charge in [0.05, 0.1) is 0 Å². The van der Waals surface area contributed by atoms with E-state index >= 15 is 0 Å². The Kier molecular flexibility index (Phi) is 2.84. The zero-order valence-electron chi connectivity index (χ0n) is 9.53. The standard InChI is InChI=1S/C13H21P/c1-11-7-8-12(2)14(11)13(3)9-5-4-6-10-13/h4-6,9,11-12H,7-8,10H2,1-3H3. The van der Waals surface area contributed by atoms with Crippen molar-refractivity contribution in [3.63, 3.8) is 0 Å². The van der Waals surface area contributed by atoms with Crippen molar-refractivity contribution in [2.75, 3.05) is 0 Å². The highest BCUT2D eigenvalue weighted by atomic mass is 31.1. The molecule has 1 aliphatic carbocycles. The number of allylic oxidation sites excluding steroid dienone is 4. The third kappa shape index (κ3) is 1.70. The number of rotatable bonds is 1. The number of hydrogen-bond donors (Lipinski definition) is 0. The fourth-order valence-electron chi connectivity index (χ4n) is 3.11. The Morgan fingerprint density at radius 2 is 1.79 bits per heavy atom. The highest BCUT2D eigenvalue weighted by molar-refractivity contribution is 7.61. The Bertz CT molecular complexity index is 256. The van der Waals surface area contributed by atoms with Crippen LogP contribution in [0.4, 0.5) is 0 Å². The average Bonchev–Trinajstić information content (AvgIpc) is 2.48. The van der Waals surface area contributed by atoms with Crippen molar-refractivity contribution in [1.82, 2.24) is 0 Å². The van der Waals surface area contributed by atoms with Crippen LogP contribution in [0.5, 0.6) is 0 Å². The Morgan fingerprint density at radius 1 is 1.14 bits per heavy atom. The zero-order valence-corrected chi connectivity index (χ0v) is 10.4. The molecule has 0 spiro atoms. The molecule has 0 aromatic rings. The monoisotopic (exact) mass is 208 g/mol. The van der Waals surface area contributed by atoms with E-state index in [-0.39, 0.29) is 7.92 Å². The minimum absolute atomic E-state index is 0.194. The van der Waals surface area contributed by atoms with Crippen LogP contribution in [0.15, 0.2) is 24.3 Å². The fraction of sp³-hybridized carbons (Fsp3) is 0.692. The molecule has 0 saturated carbocycles. The molecular weight excluding hydrogens is 187 g/mol. The Morgan fingerprint density at radius 3 is 2.29 bits per heavy atom. The maximum atomic E-state index is 2.47. The molecule has 1 fully saturated rings. The van der Waals surface area contributed by atoms with Crippen LogP contribution in [0.25, 0.3) is 0 Å². The first kappa shape index (κ1) is 10.4. The van der Waals surface area contributed by atoms with E-state index in [2.05, 4.69) is 45.1 Å². The Hall–Kier alpha value is -0.0900. The summed E-state index contributed by atoms with van der Waals surface area (Å²) in [6.07, 6.45) is 13.5. The lowest BCUT2D eigenvalue weighted by molar-refractivity contribution is 0.765. The summed E-state index contributed by atoms with van der Waals surface area (Å²) in [6, 6.07) is 0. The van der Waals surface area contributed by atoms with Crippen molar-refractivity contribution in [1.29, 1.82) is 0 Å². The molecule has 1 aliphatic heterocycles. The van der Waals surface area contributed by atoms with Crippen LogP contribution < -0.4 is 0 Å². The van der Waals surface area contributed by atoms with Gasteiger partial charge in [0.2, 0.25) is 0 Å². The summed E-state index contributed by atoms with van der Waals surface area (Å²) in [5.41, 5.74) is 1.95. The third-order valence-electron chi connectivity index (χ3n) is 3.78. The molecule has 3 unspecified atom stereocenters. The van der Waals surface area contributed by atoms with Crippen molar-refractivity contribution in [2.45, 2.75) is 56.5 Å². The minimum atomic E-state index is 0.194. The van der Waals surface area contributed by atoms with Crippen LogP contribution >= 0.6 is 7.92 Å². The Balaban J connectivity index is 2.20. The predicted octanol–water partition coefficient (Wildman–Crippen LogP) is 4.31. The van der Waals surface area contributed by atoms with Gasteiger partial charge in [0.1, 0.15) is 0 Å². The summed E-state index contributed by atoms with van der Waals surface area (Å²) >= 11 is 0. The van der Waals surface area contributed by atoms with Crippen molar-refractivity contribution in [3.05, 3.63) is 24.3 Å². The quantitative estimate of drug-likeness (QED) is 0.563. The fourth-order valence-corrected chi connectivity index (χ4v) is 7.42. The lowest BCUT2D eigenvalue weighted by Gasteiger charge is -2.39. The van der Waals surface area contributed by atoms with E-state index in [0.29, 0.717) is 5.16 Å². The topological polar surface area (TPSA) is 0 Å². The van der Waals surface area contributed by atoms with E-state index in [1.165, 1.54) is 19.3 Å². The first-order valence-electron chi connectivity index (χ1n) is 5.76. The summed E-state index contributed by atoms with van der Waals surface area (Å²) in [5.74, 6) is 0. The lowest BCUT2D eigenvalue weighted by Crippen LogP contribution is -2.25. The van der Waals surface area contributed by atoms with Gasteiger partial charge in [-0.25, -0.2) is 0 Å².